The molecule has 1 saturated heterocycles. The van der Waals surface area contributed by atoms with E-state index in [1.165, 1.54) is 0 Å². The molecule has 5 nitrogen and oxygen atoms in total. The maximum absolute atomic E-state index is 13.5. The van der Waals surface area contributed by atoms with Crippen molar-refractivity contribution in [3.05, 3.63) is 22.0 Å². The van der Waals surface area contributed by atoms with Crippen LogP contribution in [0.3, 0.4) is 0 Å². The van der Waals surface area contributed by atoms with Crippen molar-refractivity contribution in [3.8, 4) is 6.07 Å². The van der Waals surface area contributed by atoms with E-state index in [1.54, 1.807) is 13.0 Å². The van der Waals surface area contributed by atoms with Crippen LogP contribution in [0.25, 0.3) is 11.0 Å². The number of nitriles is 1. The van der Waals surface area contributed by atoms with Gasteiger partial charge in [-0.2, -0.15) is 18.4 Å². The number of nitrogens with zero attached hydrogens (tertiary/aromatic N) is 3. The zero-order chi connectivity index (χ0) is 18.8. The molecule has 4 rings (SSSR count). The maximum atomic E-state index is 13.5. The Kier molecular flexibility index (Phi) is 3.86. The van der Waals surface area contributed by atoms with E-state index < -0.39 is 17.4 Å². The first-order chi connectivity index (χ1) is 12.2. The molecule has 26 heavy (non-hydrogen) atoms. The molecule has 0 bridgehead atoms. The third kappa shape index (κ3) is 2.53. The Labute approximate surface area is 152 Å². The van der Waals surface area contributed by atoms with Crippen molar-refractivity contribution in [2.45, 2.75) is 32.0 Å². The van der Waals surface area contributed by atoms with Gasteiger partial charge in [0.25, 0.3) is 0 Å². The summed E-state index contributed by atoms with van der Waals surface area (Å²) in [5.74, 6) is 0.418. The predicted molar refractivity (Wildman–Crippen MR) is 90.0 cm³/mol. The minimum atomic E-state index is -4.76. The molecular weight excluding hydrogens is 369 g/mol. The molecule has 138 valence electrons. The summed E-state index contributed by atoms with van der Waals surface area (Å²) in [6.45, 7) is 2.66. The minimum absolute atomic E-state index is 0.0302. The molecule has 1 aliphatic carbocycles. The van der Waals surface area contributed by atoms with Gasteiger partial charge in [0.2, 0.25) is 0 Å². The van der Waals surface area contributed by atoms with Crippen LogP contribution in [0.15, 0.2) is 0 Å². The molecule has 2 aromatic rings. The van der Waals surface area contributed by atoms with Gasteiger partial charge < -0.3 is 15.0 Å². The highest BCUT2D eigenvalue weighted by molar-refractivity contribution is 6.36. The van der Waals surface area contributed by atoms with Crippen LogP contribution < -0.4 is 4.90 Å². The molecule has 2 unspecified atom stereocenters. The quantitative estimate of drug-likeness (QED) is 0.787. The number of nitrogens with one attached hydrogen (secondary N) is 1. The highest BCUT2D eigenvalue weighted by Crippen LogP contribution is 2.45. The number of aromatic amines is 1. The highest BCUT2D eigenvalue weighted by Gasteiger charge is 2.44. The summed E-state index contributed by atoms with van der Waals surface area (Å²) in [5.41, 5.74) is -0.582. The first-order valence-corrected chi connectivity index (χ1v) is 8.70. The number of hydrogen-bond donors (Lipinski definition) is 2. The Morgan fingerprint density at radius 2 is 1.92 bits per heavy atom. The summed E-state index contributed by atoms with van der Waals surface area (Å²) >= 11 is 6.16. The van der Waals surface area contributed by atoms with Gasteiger partial charge in [0.1, 0.15) is 17.1 Å². The lowest BCUT2D eigenvalue weighted by molar-refractivity contribution is -0.141. The smallest absolute Gasteiger partial charge is 0.393 e. The van der Waals surface area contributed by atoms with Crippen molar-refractivity contribution >= 4 is 28.3 Å². The molecule has 0 spiro atoms. The van der Waals surface area contributed by atoms with Gasteiger partial charge in [-0.1, -0.05) is 11.6 Å². The SMILES string of the molecule is Cc1[nH]c2c(N3CC4CC(O)CC4C3)c(C#N)c(C(F)(F)F)nc2c1Cl. The summed E-state index contributed by atoms with van der Waals surface area (Å²) in [7, 11) is 0. The monoisotopic (exact) mass is 384 g/mol. The fourth-order valence-corrected chi connectivity index (χ4v) is 4.53. The zero-order valence-corrected chi connectivity index (χ0v) is 14.6. The lowest BCUT2D eigenvalue weighted by Crippen LogP contribution is -2.25. The molecule has 2 atom stereocenters. The molecule has 9 heteroatoms. The van der Waals surface area contributed by atoms with Gasteiger partial charge in [-0.15, -0.1) is 0 Å². The molecule has 2 N–H and O–H groups in total. The van der Waals surface area contributed by atoms with Crippen molar-refractivity contribution in [2.75, 3.05) is 18.0 Å². The highest BCUT2D eigenvalue weighted by atomic mass is 35.5. The molecule has 1 aliphatic heterocycles. The van der Waals surface area contributed by atoms with E-state index in [0.717, 1.165) is 0 Å². The molecule has 0 radical (unpaired) electrons. The van der Waals surface area contributed by atoms with Crippen LogP contribution in [-0.4, -0.2) is 34.3 Å². The summed E-state index contributed by atoms with van der Waals surface area (Å²) in [5, 5.41) is 19.4. The van der Waals surface area contributed by atoms with E-state index in [2.05, 4.69) is 9.97 Å². The summed E-state index contributed by atoms with van der Waals surface area (Å²) < 4.78 is 40.6. The van der Waals surface area contributed by atoms with Gasteiger partial charge in [0.05, 0.1) is 22.3 Å². The number of aliphatic hydroxyl groups excluding tert-OH is 1. The number of aromatic nitrogens is 2. The summed E-state index contributed by atoms with van der Waals surface area (Å²) in [6.07, 6.45) is -3.84. The van der Waals surface area contributed by atoms with Crippen molar-refractivity contribution in [3.63, 3.8) is 0 Å². The molecule has 3 heterocycles. The van der Waals surface area contributed by atoms with Gasteiger partial charge in [0.15, 0.2) is 5.69 Å². The van der Waals surface area contributed by atoms with Crippen molar-refractivity contribution in [2.24, 2.45) is 11.8 Å². The number of hydrogen-bond acceptors (Lipinski definition) is 4. The van der Waals surface area contributed by atoms with Gasteiger partial charge in [-0.3, -0.25) is 0 Å². The van der Waals surface area contributed by atoms with Crippen molar-refractivity contribution in [1.29, 1.82) is 5.26 Å². The number of halogens is 4. The normalized spacial score (nSPS) is 25.7. The van der Waals surface area contributed by atoms with Crippen molar-refractivity contribution < 1.29 is 18.3 Å². The van der Waals surface area contributed by atoms with E-state index in [9.17, 15) is 23.5 Å². The molecular formula is C17H16ClF3N4O. The third-order valence-electron chi connectivity index (χ3n) is 5.44. The second-order valence-electron chi connectivity index (χ2n) is 7.13. The van der Waals surface area contributed by atoms with Crippen LogP contribution in [0.4, 0.5) is 18.9 Å². The standard InChI is InChI=1S/C17H16ClF3N4O/c1-7-12(18)13-14(23-7)15(11(4-22)16(24-13)17(19,20)21)25-5-8-2-10(26)3-9(8)6-25/h8-10,23,26H,2-3,5-6H2,1H3. The average Bonchev–Trinajstić information content (AvgIpc) is 3.17. The molecule has 2 aromatic heterocycles. The van der Waals surface area contributed by atoms with Crippen LogP contribution in [0.2, 0.25) is 5.02 Å². The maximum Gasteiger partial charge on any atom is 0.434 e. The Morgan fingerprint density at radius 1 is 1.31 bits per heavy atom. The van der Waals surface area contributed by atoms with Crippen LogP contribution in [0.5, 0.6) is 0 Å². The van der Waals surface area contributed by atoms with Crippen LogP contribution in [0, 0.1) is 30.1 Å². The second kappa shape index (κ2) is 5.76. The minimum Gasteiger partial charge on any atom is -0.393 e. The Morgan fingerprint density at radius 3 is 2.46 bits per heavy atom. The summed E-state index contributed by atoms with van der Waals surface area (Å²) in [6, 6.07) is 1.71. The average molecular weight is 385 g/mol. The summed E-state index contributed by atoms with van der Waals surface area (Å²) in [4.78, 5) is 8.48. The molecule has 0 amide bonds. The van der Waals surface area contributed by atoms with E-state index in [0.29, 0.717) is 37.1 Å². The number of rotatable bonds is 1. The van der Waals surface area contributed by atoms with Gasteiger partial charge in [0, 0.05) is 18.8 Å². The van der Waals surface area contributed by atoms with Crippen LogP contribution >= 0.6 is 11.6 Å². The zero-order valence-electron chi connectivity index (χ0n) is 13.9. The molecule has 0 aromatic carbocycles. The lowest BCUT2D eigenvalue weighted by Gasteiger charge is -2.23. The van der Waals surface area contributed by atoms with Crippen molar-refractivity contribution in [1.82, 2.24) is 9.97 Å². The number of anilines is 1. The number of aryl methyl sites for hydroxylation is 1. The van der Waals surface area contributed by atoms with E-state index in [-0.39, 0.29) is 34.2 Å². The number of fused-ring (bicyclic) bond motifs is 2. The van der Waals surface area contributed by atoms with Gasteiger partial charge >= 0.3 is 6.18 Å². The topological polar surface area (TPSA) is 75.9 Å². The number of aliphatic hydroxyl groups is 1. The van der Waals surface area contributed by atoms with E-state index in [1.807, 2.05) is 4.90 Å². The lowest BCUT2D eigenvalue weighted by atomic mass is 10.0. The van der Waals surface area contributed by atoms with E-state index >= 15 is 0 Å². The fourth-order valence-electron chi connectivity index (χ4n) is 4.35. The third-order valence-corrected chi connectivity index (χ3v) is 5.91. The fraction of sp³-hybridized carbons (Fsp3) is 0.529. The first kappa shape index (κ1) is 17.4. The first-order valence-electron chi connectivity index (χ1n) is 8.32. The molecule has 2 aliphatic rings. The van der Waals surface area contributed by atoms with E-state index in [4.69, 9.17) is 11.6 Å². The number of H-pyrrole nitrogens is 1. The van der Waals surface area contributed by atoms with Gasteiger partial charge in [-0.05, 0) is 31.6 Å². The molecule has 1 saturated carbocycles. The second-order valence-corrected chi connectivity index (χ2v) is 7.51. The predicted octanol–water partition coefficient (Wildman–Crippen LogP) is 3.62. The van der Waals surface area contributed by atoms with Crippen LogP contribution in [-0.2, 0) is 6.18 Å². The largest absolute Gasteiger partial charge is 0.434 e. The Balaban J connectivity index is 1.93. The number of alkyl halides is 3. The van der Waals surface area contributed by atoms with Crippen LogP contribution in [0.1, 0.15) is 29.8 Å². The van der Waals surface area contributed by atoms with Gasteiger partial charge in [-0.25, -0.2) is 4.98 Å². The Bertz CT molecular complexity index is 919. The Hall–Kier alpha value is -1.98. The molecule has 2 fully saturated rings. The number of pyridine rings is 1.